The molecule has 0 aromatic heterocycles. The highest BCUT2D eigenvalue weighted by molar-refractivity contribution is 5.99. The van der Waals surface area contributed by atoms with Crippen molar-refractivity contribution in [3.8, 4) is 0 Å². The van der Waals surface area contributed by atoms with Crippen molar-refractivity contribution in [2.24, 2.45) is 5.41 Å². The second kappa shape index (κ2) is 9.37. The third kappa shape index (κ3) is 7.52. The quantitative estimate of drug-likeness (QED) is 0.664. The van der Waals surface area contributed by atoms with Crippen molar-refractivity contribution in [1.29, 1.82) is 0 Å². The van der Waals surface area contributed by atoms with Gasteiger partial charge in [-0.05, 0) is 36.5 Å². The van der Waals surface area contributed by atoms with Crippen molar-refractivity contribution in [3.63, 3.8) is 0 Å². The van der Waals surface area contributed by atoms with E-state index >= 15 is 0 Å². The van der Waals surface area contributed by atoms with Crippen molar-refractivity contribution < 1.29 is 14.7 Å². The van der Waals surface area contributed by atoms with Crippen LogP contribution in [0.2, 0.25) is 0 Å². The summed E-state index contributed by atoms with van der Waals surface area (Å²) in [7, 11) is 0. The molecule has 3 N–H and O–H groups in total. The number of carbonyl (C=O) groups excluding carboxylic acids is 2. The molecule has 1 rings (SSSR count). The number of anilines is 1. The van der Waals surface area contributed by atoms with Gasteiger partial charge in [-0.3, -0.25) is 9.59 Å². The number of rotatable bonds is 7. The number of benzene rings is 1. The van der Waals surface area contributed by atoms with Crippen LogP contribution in [0.1, 0.15) is 46.6 Å². The van der Waals surface area contributed by atoms with Crippen molar-refractivity contribution in [3.05, 3.63) is 41.5 Å². The Morgan fingerprint density at radius 2 is 1.80 bits per heavy atom. The molecule has 2 amide bonds. The van der Waals surface area contributed by atoms with Crippen LogP contribution in [0.15, 0.2) is 35.9 Å². The molecule has 1 unspecified atom stereocenters. The summed E-state index contributed by atoms with van der Waals surface area (Å²) in [5.41, 5.74) is 2.51. The smallest absolute Gasteiger partial charge is 0.248 e. The molecule has 1 atom stereocenters. The Bertz CT molecular complexity index is 609. The molecular weight excluding hydrogens is 316 g/mol. The number of hydrogen-bond acceptors (Lipinski definition) is 3. The zero-order valence-electron chi connectivity index (χ0n) is 15.8. The van der Waals surface area contributed by atoms with Crippen molar-refractivity contribution >= 4 is 17.5 Å². The summed E-state index contributed by atoms with van der Waals surface area (Å²) in [6, 6.07) is 6.99. The monoisotopic (exact) mass is 346 g/mol. The van der Waals surface area contributed by atoms with Crippen LogP contribution in [-0.4, -0.2) is 29.6 Å². The topological polar surface area (TPSA) is 78.4 Å². The third-order valence-corrected chi connectivity index (χ3v) is 4.20. The Kier molecular flexibility index (Phi) is 7.84. The van der Waals surface area contributed by atoms with E-state index in [1.807, 2.05) is 26.0 Å². The molecule has 0 fully saturated rings. The predicted octanol–water partition coefficient (Wildman–Crippen LogP) is 3.05. The van der Waals surface area contributed by atoms with E-state index in [4.69, 9.17) is 5.11 Å². The minimum Gasteiger partial charge on any atom is -0.394 e. The molecular formula is C20H30N2O3. The van der Waals surface area contributed by atoms with Gasteiger partial charge in [0, 0.05) is 11.8 Å². The number of hydrogen-bond donors (Lipinski definition) is 3. The minimum absolute atomic E-state index is 0.0422. The number of amides is 2. The van der Waals surface area contributed by atoms with Gasteiger partial charge >= 0.3 is 0 Å². The first kappa shape index (κ1) is 20.9. The lowest BCUT2D eigenvalue weighted by atomic mass is 9.87. The molecule has 0 radical (unpaired) electrons. The summed E-state index contributed by atoms with van der Waals surface area (Å²) in [4.78, 5) is 24.0. The molecule has 25 heavy (non-hydrogen) atoms. The van der Waals surface area contributed by atoms with Gasteiger partial charge in [0.25, 0.3) is 0 Å². The van der Waals surface area contributed by atoms with E-state index < -0.39 is 0 Å². The first-order chi connectivity index (χ1) is 11.7. The Hall–Kier alpha value is -2.14. The number of aliphatic hydroxyl groups is 1. The van der Waals surface area contributed by atoms with E-state index in [0.717, 1.165) is 11.1 Å². The number of carbonyl (C=O) groups is 2. The normalized spacial score (nSPS) is 13.3. The first-order valence-electron chi connectivity index (χ1n) is 8.64. The molecule has 5 heteroatoms. The minimum atomic E-state index is -0.205. The highest BCUT2D eigenvalue weighted by Gasteiger charge is 2.14. The summed E-state index contributed by atoms with van der Waals surface area (Å²) in [6.07, 6.45) is 2.55. The number of aliphatic hydroxyl groups excluding tert-OH is 1. The molecule has 0 saturated heterocycles. The highest BCUT2D eigenvalue weighted by Crippen LogP contribution is 2.24. The van der Waals surface area contributed by atoms with Crippen LogP contribution in [0.25, 0.3) is 0 Å². The standard InChI is InChI=1S/C20H30N2O3/c1-6-16(13-23)21-19(25)12-15-7-9-17(10-8-15)22-18(24)11-14(2)20(3,4)5/h7-11,16,23H,6,12-13H2,1-5H3,(H,21,25)(H,22,24)/b14-11-. The first-order valence-corrected chi connectivity index (χ1v) is 8.64. The highest BCUT2D eigenvalue weighted by atomic mass is 16.3. The average Bonchev–Trinajstić information content (AvgIpc) is 2.53. The largest absolute Gasteiger partial charge is 0.394 e. The molecule has 0 heterocycles. The zero-order valence-corrected chi connectivity index (χ0v) is 15.8. The van der Waals surface area contributed by atoms with Crippen LogP contribution in [0, 0.1) is 5.41 Å². The maximum absolute atomic E-state index is 12.0. The van der Waals surface area contributed by atoms with Gasteiger partial charge in [0.1, 0.15) is 0 Å². The Labute approximate surface area is 150 Å². The van der Waals surface area contributed by atoms with Gasteiger partial charge in [0.05, 0.1) is 19.1 Å². The summed E-state index contributed by atoms with van der Waals surface area (Å²) in [5, 5.41) is 14.7. The lowest BCUT2D eigenvalue weighted by Gasteiger charge is -2.19. The fourth-order valence-corrected chi connectivity index (χ4v) is 2.04. The van der Waals surface area contributed by atoms with Gasteiger partial charge in [0.2, 0.25) is 11.8 Å². The maximum Gasteiger partial charge on any atom is 0.248 e. The molecule has 0 aliphatic carbocycles. The molecule has 1 aromatic rings. The van der Waals surface area contributed by atoms with Crippen molar-refractivity contribution in [2.75, 3.05) is 11.9 Å². The van der Waals surface area contributed by atoms with E-state index in [2.05, 4.69) is 31.4 Å². The summed E-state index contributed by atoms with van der Waals surface area (Å²) in [6.45, 7) is 9.98. The molecule has 0 aliphatic rings. The van der Waals surface area contributed by atoms with E-state index in [0.29, 0.717) is 12.1 Å². The lowest BCUT2D eigenvalue weighted by Crippen LogP contribution is -2.37. The predicted molar refractivity (Wildman–Crippen MR) is 101 cm³/mol. The molecule has 1 aromatic carbocycles. The molecule has 0 spiro atoms. The van der Waals surface area contributed by atoms with Crippen LogP contribution in [0.5, 0.6) is 0 Å². The summed E-state index contributed by atoms with van der Waals surface area (Å²) < 4.78 is 0. The van der Waals surface area contributed by atoms with Gasteiger partial charge in [-0.2, -0.15) is 0 Å². The van der Waals surface area contributed by atoms with Gasteiger partial charge in [-0.25, -0.2) is 0 Å². The van der Waals surface area contributed by atoms with Crippen LogP contribution in [-0.2, 0) is 16.0 Å². The second-order valence-electron chi connectivity index (χ2n) is 7.30. The molecule has 5 nitrogen and oxygen atoms in total. The van der Waals surface area contributed by atoms with Crippen LogP contribution >= 0.6 is 0 Å². The SMILES string of the molecule is CCC(CO)NC(=O)Cc1ccc(NC(=O)/C=C(/C)C(C)(C)C)cc1. The Morgan fingerprint density at radius 1 is 1.20 bits per heavy atom. The number of allylic oxidation sites excluding steroid dienone is 1. The average molecular weight is 346 g/mol. The molecule has 0 saturated carbocycles. The lowest BCUT2D eigenvalue weighted by molar-refractivity contribution is -0.121. The van der Waals surface area contributed by atoms with E-state index in [1.165, 1.54) is 0 Å². The van der Waals surface area contributed by atoms with E-state index in [9.17, 15) is 9.59 Å². The van der Waals surface area contributed by atoms with Gasteiger partial charge < -0.3 is 15.7 Å². The molecule has 0 bridgehead atoms. The fourth-order valence-electron chi connectivity index (χ4n) is 2.04. The van der Waals surface area contributed by atoms with Crippen molar-refractivity contribution in [1.82, 2.24) is 5.32 Å². The molecule has 138 valence electrons. The van der Waals surface area contributed by atoms with Crippen LogP contribution < -0.4 is 10.6 Å². The van der Waals surface area contributed by atoms with Gasteiger partial charge in [-0.15, -0.1) is 0 Å². The Morgan fingerprint density at radius 3 is 2.28 bits per heavy atom. The Balaban J connectivity index is 2.62. The van der Waals surface area contributed by atoms with Crippen LogP contribution in [0.4, 0.5) is 5.69 Å². The van der Waals surface area contributed by atoms with Crippen LogP contribution in [0.3, 0.4) is 0 Å². The van der Waals surface area contributed by atoms with Gasteiger partial charge in [0.15, 0.2) is 0 Å². The third-order valence-electron chi connectivity index (χ3n) is 4.20. The number of nitrogens with one attached hydrogen (secondary N) is 2. The summed E-state index contributed by atoms with van der Waals surface area (Å²) >= 11 is 0. The second-order valence-corrected chi connectivity index (χ2v) is 7.30. The fraction of sp³-hybridized carbons (Fsp3) is 0.500. The van der Waals surface area contributed by atoms with Gasteiger partial charge in [-0.1, -0.05) is 45.4 Å². The van der Waals surface area contributed by atoms with Crippen molar-refractivity contribution in [2.45, 2.75) is 53.5 Å². The van der Waals surface area contributed by atoms with E-state index in [1.54, 1.807) is 18.2 Å². The zero-order chi connectivity index (χ0) is 19.0. The summed E-state index contributed by atoms with van der Waals surface area (Å²) in [5.74, 6) is -0.284. The van der Waals surface area contributed by atoms with E-state index in [-0.39, 0.29) is 36.3 Å². The molecule has 0 aliphatic heterocycles. The maximum atomic E-state index is 12.0.